The number of carbonyl (C=O) groups is 3. The number of nitrogens with one attached hydrogen (secondary N) is 1. The number of alkyl halides is 6. The maximum absolute atomic E-state index is 12.7. The lowest BCUT2D eigenvalue weighted by Gasteiger charge is -2.13. The first kappa shape index (κ1) is 44.7. The summed E-state index contributed by atoms with van der Waals surface area (Å²) in [5, 5.41) is 24.6. The van der Waals surface area contributed by atoms with Crippen molar-refractivity contribution in [2.45, 2.75) is 33.1 Å². The van der Waals surface area contributed by atoms with Crippen LogP contribution in [-0.2, 0) is 21.8 Å². The van der Waals surface area contributed by atoms with Crippen molar-refractivity contribution in [2.75, 3.05) is 33.9 Å². The Balaban J connectivity index is -0.000000579. The third-order valence-electron chi connectivity index (χ3n) is 5.19. The van der Waals surface area contributed by atoms with Crippen molar-refractivity contribution in [1.82, 2.24) is 10.5 Å². The molecule has 0 aliphatic heterocycles. The fourth-order valence-electron chi connectivity index (χ4n) is 3.06. The Morgan fingerprint density at radius 3 is 1.41 bits per heavy atom. The van der Waals surface area contributed by atoms with E-state index in [9.17, 15) is 40.7 Å². The number of hydrogen-bond acceptors (Lipinski definition) is 11. The predicted molar refractivity (Wildman–Crippen MR) is 148 cm³/mol. The molecule has 18 heteroatoms. The van der Waals surface area contributed by atoms with E-state index in [0.29, 0.717) is 12.1 Å². The zero-order chi connectivity index (χ0) is 33.8. The van der Waals surface area contributed by atoms with Gasteiger partial charge < -0.3 is 19.6 Å². The molecule has 0 spiro atoms. The minimum Gasteiger partial charge on any atom is -0.465 e. The van der Waals surface area contributed by atoms with E-state index < -0.39 is 46.5 Å². The van der Waals surface area contributed by atoms with Gasteiger partial charge in [0, 0.05) is 5.56 Å². The highest BCUT2D eigenvalue weighted by atomic mass is 35.5. The third-order valence-corrected chi connectivity index (χ3v) is 5.19. The van der Waals surface area contributed by atoms with Gasteiger partial charge in [-0.2, -0.15) is 26.3 Å². The number of hydrogen-bond donors (Lipinski definition) is 4. The molecule has 0 saturated heterocycles. The average Bonchev–Trinajstić information content (AvgIpc) is 2.97. The maximum atomic E-state index is 12.7. The molecule has 11 nitrogen and oxygen atoms in total. The van der Waals surface area contributed by atoms with Crippen molar-refractivity contribution in [1.29, 1.82) is 0 Å². The van der Waals surface area contributed by atoms with Gasteiger partial charge in [-0.1, -0.05) is 43.7 Å². The van der Waals surface area contributed by atoms with Crippen molar-refractivity contribution in [2.24, 2.45) is 5.16 Å². The highest BCUT2D eigenvalue weighted by Gasteiger charge is 2.36. The number of esters is 2. The van der Waals surface area contributed by atoms with Gasteiger partial charge in [0.25, 0.3) is 0 Å². The largest absolute Gasteiger partial charge is 0.465 e. The SMILES string of the molecule is CCN(CC)CC.COC(=O)c1ccc(/C=N/O)cc1C(F)(F)F.COC(=O)c1ccc(C=O)cc1C(F)(F)F.Cl.ONO. The van der Waals surface area contributed by atoms with Gasteiger partial charge >= 0.3 is 24.3 Å². The van der Waals surface area contributed by atoms with Crippen molar-refractivity contribution < 1.29 is 65.8 Å². The van der Waals surface area contributed by atoms with E-state index >= 15 is 0 Å². The number of methoxy groups -OCH3 is 2. The van der Waals surface area contributed by atoms with E-state index in [0.717, 1.165) is 44.3 Å². The van der Waals surface area contributed by atoms with Crippen LogP contribution in [0.25, 0.3) is 0 Å². The van der Waals surface area contributed by atoms with Crippen LogP contribution in [0.15, 0.2) is 41.6 Å². The van der Waals surface area contributed by atoms with Crippen molar-refractivity contribution in [3.63, 3.8) is 0 Å². The lowest BCUT2D eigenvalue weighted by atomic mass is 10.0. The maximum Gasteiger partial charge on any atom is 0.417 e. The van der Waals surface area contributed by atoms with Gasteiger partial charge in [-0.3, -0.25) is 15.2 Å². The Hall–Kier alpha value is -3.77. The summed E-state index contributed by atoms with van der Waals surface area (Å²) in [5.74, 6) is -2.17. The van der Waals surface area contributed by atoms with Crippen LogP contribution in [0.4, 0.5) is 26.3 Å². The molecule has 0 unspecified atom stereocenters. The van der Waals surface area contributed by atoms with Crippen LogP contribution in [0.1, 0.15) is 68.5 Å². The number of aldehydes is 1. The molecule has 0 aliphatic rings. The van der Waals surface area contributed by atoms with E-state index in [4.69, 9.17) is 15.6 Å². The Kier molecular flexibility index (Phi) is 23.1. The minimum absolute atomic E-state index is 0. The van der Waals surface area contributed by atoms with Crippen LogP contribution in [-0.4, -0.2) is 78.8 Å². The lowest BCUT2D eigenvalue weighted by Crippen LogP contribution is -2.21. The summed E-state index contributed by atoms with van der Waals surface area (Å²) in [5.41, 5.74) is -2.89. The molecule has 44 heavy (non-hydrogen) atoms. The van der Waals surface area contributed by atoms with Gasteiger partial charge in [0.15, 0.2) is 0 Å². The summed E-state index contributed by atoms with van der Waals surface area (Å²) >= 11 is 0. The third kappa shape index (κ3) is 16.2. The van der Waals surface area contributed by atoms with Crippen LogP contribution < -0.4 is 5.64 Å². The van der Waals surface area contributed by atoms with Crippen molar-refractivity contribution >= 4 is 36.8 Å². The van der Waals surface area contributed by atoms with Gasteiger partial charge in [-0.05, 0) is 49.5 Å². The number of nitrogens with zero attached hydrogens (tertiary/aromatic N) is 2. The van der Waals surface area contributed by atoms with E-state index in [1.54, 1.807) is 0 Å². The Morgan fingerprint density at radius 1 is 0.818 bits per heavy atom. The van der Waals surface area contributed by atoms with Crippen LogP contribution in [0.3, 0.4) is 0 Å². The molecule has 0 heterocycles. The summed E-state index contributed by atoms with van der Waals surface area (Å²) in [6, 6.07) is 5.52. The summed E-state index contributed by atoms with van der Waals surface area (Å²) in [6.07, 6.45) is -8.29. The smallest absolute Gasteiger partial charge is 0.417 e. The first-order valence-corrected chi connectivity index (χ1v) is 12.0. The summed E-state index contributed by atoms with van der Waals surface area (Å²) < 4.78 is 84.0. The first-order chi connectivity index (χ1) is 20.1. The molecular formula is C26H34ClF6N3O8. The van der Waals surface area contributed by atoms with E-state index in [1.807, 2.05) is 0 Å². The van der Waals surface area contributed by atoms with E-state index in [2.05, 4.69) is 40.3 Å². The molecule has 0 atom stereocenters. The molecule has 0 saturated carbocycles. The number of ether oxygens (including phenoxy) is 2. The lowest BCUT2D eigenvalue weighted by molar-refractivity contribution is -0.138. The molecule has 2 aromatic rings. The number of oxime groups is 1. The minimum atomic E-state index is -4.71. The monoisotopic (exact) mass is 665 g/mol. The standard InChI is InChI=1S/C10H8F3NO3.C10H7F3O3.C6H15N.ClH.H3NO2/c1-17-9(15)7-3-2-6(5-14-16)4-8(7)10(11,12)13;1-16-9(15)7-3-2-6(5-14)4-8(7)10(11,12)13;1-4-7(5-2)6-3;;2-1-3/h2-5,16H,1H3;2-5H,1H3;4-6H2,1-3H3;1H;1-3H/b14-5+;;;;. The fourth-order valence-corrected chi connectivity index (χ4v) is 3.06. The topological polar surface area (TPSA) is 158 Å². The van der Waals surface area contributed by atoms with Crippen LogP contribution >= 0.6 is 12.4 Å². The van der Waals surface area contributed by atoms with Gasteiger partial charge in [0.05, 0.1) is 42.7 Å². The van der Waals surface area contributed by atoms with Gasteiger partial charge in [0.2, 0.25) is 0 Å². The number of benzene rings is 2. The quantitative estimate of drug-likeness (QED) is 0.0719. The molecule has 4 N–H and O–H groups in total. The van der Waals surface area contributed by atoms with E-state index in [-0.39, 0.29) is 29.8 Å². The number of rotatable bonds is 7. The highest BCUT2D eigenvalue weighted by molar-refractivity contribution is 5.93. The van der Waals surface area contributed by atoms with Crippen LogP contribution in [0, 0.1) is 0 Å². The Labute approximate surface area is 255 Å². The molecule has 0 bridgehead atoms. The molecule has 0 amide bonds. The normalized spacial score (nSPS) is 10.6. The highest BCUT2D eigenvalue weighted by Crippen LogP contribution is 2.33. The molecular weight excluding hydrogens is 632 g/mol. The molecule has 0 aliphatic carbocycles. The zero-order valence-electron chi connectivity index (χ0n) is 24.2. The van der Waals surface area contributed by atoms with Gasteiger partial charge in [-0.25, -0.2) is 9.59 Å². The van der Waals surface area contributed by atoms with Crippen LogP contribution in [0.2, 0.25) is 0 Å². The second-order valence-corrected chi connectivity index (χ2v) is 7.67. The summed E-state index contributed by atoms with van der Waals surface area (Å²) in [4.78, 5) is 34.9. The average molecular weight is 666 g/mol. The molecule has 2 aromatic carbocycles. The second-order valence-electron chi connectivity index (χ2n) is 7.67. The molecule has 250 valence electrons. The van der Waals surface area contributed by atoms with E-state index in [1.165, 1.54) is 25.7 Å². The van der Waals surface area contributed by atoms with Gasteiger partial charge in [-0.15, -0.1) is 12.4 Å². The Morgan fingerprint density at radius 2 is 1.16 bits per heavy atom. The predicted octanol–water partition coefficient (Wildman–Crippen LogP) is 5.73. The fraction of sp³-hybridized carbons (Fsp3) is 0.385. The Bertz CT molecular complexity index is 1170. The molecule has 0 radical (unpaired) electrons. The van der Waals surface area contributed by atoms with Crippen molar-refractivity contribution in [3.05, 3.63) is 69.8 Å². The summed E-state index contributed by atoms with van der Waals surface area (Å²) in [7, 11) is 1.97. The zero-order valence-corrected chi connectivity index (χ0v) is 25.0. The first-order valence-electron chi connectivity index (χ1n) is 12.0. The van der Waals surface area contributed by atoms with Crippen molar-refractivity contribution in [3.8, 4) is 0 Å². The summed E-state index contributed by atoms with van der Waals surface area (Å²) in [6.45, 7) is 10.1. The molecule has 0 aromatic heterocycles. The number of carbonyl (C=O) groups excluding carboxylic acids is 3. The molecule has 0 fully saturated rings. The van der Waals surface area contributed by atoms with Crippen LogP contribution in [0.5, 0.6) is 0 Å². The van der Waals surface area contributed by atoms with Gasteiger partial charge in [0.1, 0.15) is 6.29 Å². The number of halogens is 7. The molecule has 2 rings (SSSR count). The second kappa shape index (κ2) is 22.7.